The Hall–Kier alpha value is -2.62. The summed E-state index contributed by atoms with van der Waals surface area (Å²) in [6.07, 6.45) is 0.352. The highest BCUT2D eigenvalue weighted by molar-refractivity contribution is 6.18. The van der Waals surface area contributed by atoms with Gasteiger partial charge >= 0.3 is 0 Å². The first-order valence-corrected chi connectivity index (χ1v) is 6.82. The Morgan fingerprint density at radius 3 is 2.19 bits per heavy atom. The van der Waals surface area contributed by atoms with Crippen molar-refractivity contribution < 1.29 is 14.7 Å². The van der Waals surface area contributed by atoms with Gasteiger partial charge in [-0.05, 0) is 31.2 Å². The molecule has 0 radical (unpaired) electrons. The Balaban J connectivity index is 2.07. The van der Waals surface area contributed by atoms with E-state index in [1.807, 2.05) is 31.2 Å². The van der Waals surface area contributed by atoms with Crippen molar-refractivity contribution >= 4 is 22.9 Å². The van der Waals surface area contributed by atoms with Crippen LogP contribution in [0.4, 0.5) is 11.4 Å². The lowest BCUT2D eigenvalue weighted by atomic mass is 9.87. The predicted octanol–water partition coefficient (Wildman–Crippen LogP) is 3.60. The fourth-order valence-electron chi connectivity index (χ4n) is 2.54. The molecule has 0 saturated carbocycles. The number of carbonyl (C=O) groups is 2. The van der Waals surface area contributed by atoms with Gasteiger partial charge in [0.2, 0.25) is 0 Å². The molecule has 0 saturated heterocycles. The van der Waals surface area contributed by atoms with E-state index in [-0.39, 0.29) is 35.7 Å². The van der Waals surface area contributed by atoms with Crippen LogP contribution in [0.5, 0.6) is 5.75 Å². The molecule has 2 N–H and O–H groups in total. The third-order valence-corrected chi connectivity index (χ3v) is 3.65. The number of aryl methyl sites for hydroxylation is 1. The van der Waals surface area contributed by atoms with Gasteiger partial charge in [0.15, 0.2) is 11.6 Å². The maximum absolute atomic E-state index is 12.1. The van der Waals surface area contributed by atoms with E-state index in [0.29, 0.717) is 11.3 Å². The quantitative estimate of drug-likeness (QED) is 0.825. The van der Waals surface area contributed by atoms with E-state index < -0.39 is 0 Å². The van der Waals surface area contributed by atoms with Crippen molar-refractivity contribution in [3.05, 3.63) is 53.1 Å². The summed E-state index contributed by atoms with van der Waals surface area (Å²) in [5.74, 6) is -0.428. The summed E-state index contributed by atoms with van der Waals surface area (Å²) >= 11 is 0. The highest BCUT2D eigenvalue weighted by atomic mass is 16.3. The van der Waals surface area contributed by atoms with Crippen LogP contribution in [0.2, 0.25) is 0 Å². The van der Waals surface area contributed by atoms with Gasteiger partial charge in [-0.3, -0.25) is 9.59 Å². The summed E-state index contributed by atoms with van der Waals surface area (Å²) in [6, 6.07) is 10.8. The van der Waals surface area contributed by atoms with Gasteiger partial charge in [0.05, 0.1) is 16.8 Å². The van der Waals surface area contributed by atoms with E-state index >= 15 is 0 Å². The molecule has 0 unspecified atom stereocenters. The first-order chi connectivity index (χ1) is 10.1. The zero-order valence-corrected chi connectivity index (χ0v) is 11.6. The largest absolute Gasteiger partial charge is 0.507 e. The van der Waals surface area contributed by atoms with Gasteiger partial charge in [-0.1, -0.05) is 17.7 Å². The second-order valence-electron chi connectivity index (χ2n) is 5.22. The molecule has 2 aromatic carbocycles. The number of benzene rings is 2. The van der Waals surface area contributed by atoms with Gasteiger partial charge in [0.25, 0.3) is 0 Å². The second-order valence-corrected chi connectivity index (χ2v) is 5.22. The molecular formula is C17H15NO3. The van der Waals surface area contributed by atoms with Gasteiger partial charge in [-0.15, -0.1) is 0 Å². The van der Waals surface area contributed by atoms with Crippen molar-refractivity contribution in [3.8, 4) is 5.75 Å². The van der Waals surface area contributed by atoms with Crippen LogP contribution >= 0.6 is 0 Å². The number of hydrogen-bond acceptors (Lipinski definition) is 4. The molecule has 0 heterocycles. The lowest BCUT2D eigenvalue weighted by molar-refractivity contribution is 0.0888. The fourth-order valence-corrected chi connectivity index (χ4v) is 2.54. The van der Waals surface area contributed by atoms with Crippen molar-refractivity contribution in [2.24, 2.45) is 0 Å². The number of hydrogen-bond donors (Lipinski definition) is 2. The van der Waals surface area contributed by atoms with E-state index in [0.717, 1.165) is 11.3 Å². The molecule has 4 nitrogen and oxygen atoms in total. The first kappa shape index (κ1) is 13.4. The summed E-state index contributed by atoms with van der Waals surface area (Å²) in [6.45, 7) is 1.99. The Morgan fingerprint density at radius 2 is 1.52 bits per heavy atom. The molecule has 0 aromatic heterocycles. The summed E-state index contributed by atoms with van der Waals surface area (Å²) in [5.41, 5.74) is 2.97. The minimum atomic E-state index is -0.186. The molecule has 1 aliphatic carbocycles. The number of phenolic OH excluding ortho intramolecular Hbond substituents is 1. The van der Waals surface area contributed by atoms with E-state index in [1.54, 1.807) is 6.07 Å². The summed E-state index contributed by atoms with van der Waals surface area (Å²) in [7, 11) is 0. The molecule has 21 heavy (non-hydrogen) atoms. The lowest BCUT2D eigenvalue weighted by Crippen LogP contribution is -2.18. The van der Waals surface area contributed by atoms with Crippen molar-refractivity contribution in [3.63, 3.8) is 0 Å². The van der Waals surface area contributed by atoms with E-state index in [9.17, 15) is 14.7 Å². The molecule has 3 rings (SSSR count). The predicted molar refractivity (Wildman–Crippen MR) is 80.5 cm³/mol. The third kappa shape index (κ3) is 2.40. The average Bonchev–Trinajstić information content (AvgIpc) is 2.47. The molecule has 0 aliphatic heterocycles. The van der Waals surface area contributed by atoms with E-state index in [1.165, 1.54) is 6.07 Å². The van der Waals surface area contributed by atoms with Crippen LogP contribution in [-0.4, -0.2) is 16.7 Å². The Kier molecular flexibility index (Phi) is 3.22. The van der Waals surface area contributed by atoms with Crippen LogP contribution in [0, 0.1) is 6.92 Å². The number of fused-ring (bicyclic) bond motifs is 1. The number of Topliss-reactive ketones (excluding diaryl/α,β-unsaturated/α-hetero) is 2. The van der Waals surface area contributed by atoms with Gasteiger partial charge in [0, 0.05) is 18.5 Å². The normalized spacial score (nSPS) is 14.0. The maximum Gasteiger partial charge on any atom is 0.167 e. The van der Waals surface area contributed by atoms with Gasteiger partial charge in [0.1, 0.15) is 5.75 Å². The van der Waals surface area contributed by atoms with Gasteiger partial charge in [-0.25, -0.2) is 0 Å². The number of nitrogens with one attached hydrogen (secondary N) is 1. The number of ketones is 2. The Labute approximate surface area is 122 Å². The minimum Gasteiger partial charge on any atom is -0.507 e. The maximum atomic E-state index is 12.1. The number of carbonyl (C=O) groups excluding carboxylic acids is 2. The Bertz CT molecular complexity index is 732. The summed E-state index contributed by atoms with van der Waals surface area (Å²) < 4.78 is 0. The molecular weight excluding hydrogens is 266 g/mol. The summed E-state index contributed by atoms with van der Waals surface area (Å²) in [5, 5.41) is 13.0. The van der Waals surface area contributed by atoms with Gasteiger partial charge in [-0.2, -0.15) is 0 Å². The number of aromatic hydroxyl groups is 1. The molecule has 0 atom stereocenters. The number of rotatable bonds is 2. The van der Waals surface area contributed by atoms with Crippen LogP contribution in [-0.2, 0) is 0 Å². The van der Waals surface area contributed by atoms with Crippen molar-refractivity contribution in [2.45, 2.75) is 19.8 Å². The smallest absolute Gasteiger partial charge is 0.167 e. The van der Waals surface area contributed by atoms with Crippen LogP contribution in [0.25, 0.3) is 0 Å². The number of phenols is 1. The lowest BCUT2D eigenvalue weighted by Gasteiger charge is -2.19. The van der Waals surface area contributed by atoms with E-state index in [2.05, 4.69) is 5.32 Å². The molecule has 0 spiro atoms. The van der Waals surface area contributed by atoms with Gasteiger partial charge < -0.3 is 10.4 Å². The van der Waals surface area contributed by atoms with Crippen LogP contribution in [0.1, 0.15) is 39.1 Å². The zero-order chi connectivity index (χ0) is 15.0. The van der Waals surface area contributed by atoms with E-state index in [4.69, 9.17) is 0 Å². The molecule has 1 aliphatic rings. The van der Waals surface area contributed by atoms with Crippen LogP contribution in [0.15, 0.2) is 36.4 Å². The second kappa shape index (κ2) is 5.05. The Morgan fingerprint density at radius 1 is 0.905 bits per heavy atom. The average molecular weight is 281 g/mol. The highest BCUT2D eigenvalue weighted by Crippen LogP contribution is 2.35. The first-order valence-electron chi connectivity index (χ1n) is 6.82. The number of anilines is 2. The monoisotopic (exact) mass is 281 g/mol. The SMILES string of the molecule is Cc1ccc(Nc2ccc(O)c3c2C(=O)CCC3=O)cc1. The minimum absolute atomic E-state index is 0.116. The van der Waals surface area contributed by atoms with Crippen LogP contribution in [0.3, 0.4) is 0 Å². The molecule has 0 fully saturated rings. The molecule has 4 heteroatoms. The van der Waals surface area contributed by atoms with Crippen molar-refractivity contribution in [1.82, 2.24) is 0 Å². The standard InChI is InChI=1S/C17H15NO3/c1-10-2-4-11(5-3-10)18-12-6-7-14(20)17-15(21)9-8-13(19)16(12)17/h2-7,18,20H,8-9H2,1H3. The summed E-state index contributed by atoms with van der Waals surface area (Å²) in [4.78, 5) is 24.1. The molecule has 0 amide bonds. The van der Waals surface area contributed by atoms with Crippen molar-refractivity contribution in [1.29, 1.82) is 0 Å². The fraction of sp³-hybridized carbons (Fsp3) is 0.176. The third-order valence-electron chi connectivity index (χ3n) is 3.65. The van der Waals surface area contributed by atoms with Crippen LogP contribution < -0.4 is 5.32 Å². The topological polar surface area (TPSA) is 66.4 Å². The highest BCUT2D eigenvalue weighted by Gasteiger charge is 2.29. The molecule has 106 valence electrons. The zero-order valence-electron chi connectivity index (χ0n) is 11.6. The molecule has 0 bridgehead atoms. The van der Waals surface area contributed by atoms with Crippen molar-refractivity contribution in [2.75, 3.05) is 5.32 Å². The molecule has 2 aromatic rings.